The monoisotopic (exact) mass is 359 g/mol. The standard InChI is InChI=1S/C19H22FN3O3/c1-13-11-17(14(2)21-13)19(25)23-9-7-22(8-10-23)18(24)12-26-16-5-3-15(20)4-6-16/h3-6,11,21H,7-10,12H2,1-2H3. The summed E-state index contributed by atoms with van der Waals surface area (Å²) < 4.78 is 18.3. The summed E-state index contributed by atoms with van der Waals surface area (Å²) in [7, 11) is 0. The van der Waals surface area contributed by atoms with E-state index in [0.29, 0.717) is 37.5 Å². The van der Waals surface area contributed by atoms with Crippen molar-refractivity contribution in [2.24, 2.45) is 0 Å². The number of aryl methyl sites for hydroxylation is 2. The van der Waals surface area contributed by atoms with Crippen molar-refractivity contribution in [3.05, 3.63) is 53.1 Å². The number of nitrogens with one attached hydrogen (secondary N) is 1. The lowest BCUT2D eigenvalue weighted by Crippen LogP contribution is -2.51. The van der Waals surface area contributed by atoms with E-state index in [4.69, 9.17) is 4.74 Å². The van der Waals surface area contributed by atoms with E-state index in [9.17, 15) is 14.0 Å². The van der Waals surface area contributed by atoms with Crippen LogP contribution in [-0.2, 0) is 4.79 Å². The molecule has 1 N–H and O–H groups in total. The Hall–Kier alpha value is -2.83. The zero-order valence-corrected chi connectivity index (χ0v) is 14.9. The molecule has 2 heterocycles. The molecule has 7 heteroatoms. The van der Waals surface area contributed by atoms with Crippen molar-refractivity contribution in [2.75, 3.05) is 32.8 Å². The molecule has 138 valence electrons. The highest BCUT2D eigenvalue weighted by atomic mass is 19.1. The molecular weight excluding hydrogens is 337 g/mol. The molecule has 0 aliphatic carbocycles. The molecule has 1 aromatic heterocycles. The van der Waals surface area contributed by atoms with Gasteiger partial charge in [0.25, 0.3) is 11.8 Å². The Morgan fingerprint density at radius 1 is 1.08 bits per heavy atom. The number of nitrogens with zero attached hydrogens (tertiary/aromatic N) is 2. The molecule has 0 saturated carbocycles. The molecule has 26 heavy (non-hydrogen) atoms. The summed E-state index contributed by atoms with van der Waals surface area (Å²) in [5, 5.41) is 0. The predicted octanol–water partition coefficient (Wildman–Crippen LogP) is 2.13. The Morgan fingerprint density at radius 2 is 1.69 bits per heavy atom. The van der Waals surface area contributed by atoms with E-state index in [0.717, 1.165) is 11.4 Å². The Morgan fingerprint density at radius 3 is 2.27 bits per heavy atom. The first kappa shape index (κ1) is 18.0. The van der Waals surface area contributed by atoms with E-state index in [1.54, 1.807) is 9.80 Å². The topological polar surface area (TPSA) is 65.6 Å². The summed E-state index contributed by atoms with van der Waals surface area (Å²) in [6, 6.07) is 7.40. The fraction of sp³-hybridized carbons (Fsp3) is 0.368. The summed E-state index contributed by atoms with van der Waals surface area (Å²) >= 11 is 0. The third-order valence-corrected chi connectivity index (χ3v) is 4.48. The largest absolute Gasteiger partial charge is 0.484 e. The molecule has 1 saturated heterocycles. The SMILES string of the molecule is Cc1cc(C(=O)N2CCN(C(=O)COc3ccc(F)cc3)CC2)c(C)[nH]1. The van der Waals surface area contributed by atoms with E-state index in [-0.39, 0.29) is 24.2 Å². The van der Waals surface area contributed by atoms with Crippen LogP contribution in [0.25, 0.3) is 0 Å². The van der Waals surface area contributed by atoms with Gasteiger partial charge in [0.15, 0.2) is 6.61 Å². The Kier molecular flexibility index (Phi) is 5.25. The van der Waals surface area contributed by atoms with Crippen molar-refractivity contribution >= 4 is 11.8 Å². The highest BCUT2D eigenvalue weighted by molar-refractivity contribution is 5.95. The van der Waals surface area contributed by atoms with Crippen LogP contribution in [0.15, 0.2) is 30.3 Å². The number of aromatic nitrogens is 1. The molecule has 3 rings (SSSR count). The lowest BCUT2D eigenvalue weighted by Gasteiger charge is -2.34. The first-order valence-electron chi connectivity index (χ1n) is 8.55. The predicted molar refractivity (Wildman–Crippen MR) is 94.6 cm³/mol. The number of benzene rings is 1. The molecule has 1 aliphatic rings. The molecule has 6 nitrogen and oxygen atoms in total. The summed E-state index contributed by atoms with van der Waals surface area (Å²) in [4.78, 5) is 31.4. The Bertz CT molecular complexity index is 793. The van der Waals surface area contributed by atoms with Gasteiger partial charge in [-0.1, -0.05) is 0 Å². The van der Waals surface area contributed by atoms with Gasteiger partial charge in [0.1, 0.15) is 11.6 Å². The van der Waals surface area contributed by atoms with Crippen LogP contribution in [0.3, 0.4) is 0 Å². The number of piperazine rings is 1. The van der Waals surface area contributed by atoms with Crippen LogP contribution >= 0.6 is 0 Å². The van der Waals surface area contributed by atoms with Gasteiger partial charge < -0.3 is 19.5 Å². The molecule has 0 bridgehead atoms. The van der Waals surface area contributed by atoms with Crippen LogP contribution in [0.2, 0.25) is 0 Å². The highest BCUT2D eigenvalue weighted by Gasteiger charge is 2.26. The van der Waals surface area contributed by atoms with E-state index >= 15 is 0 Å². The fourth-order valence-corrected chi connectivity index (χ4v) is 3.04. The van der Waals surface area contributed by atoms with Crippen molar-refractivity contribution in [2.45, 2.75) is 13.8 Å². The van der Waals surface area contributed by atoms with E-state index < -0.39 is 0 Å². The van der Waals surface area contributed by atoms with Crippen LogP contribution in [0.5, 0.6) is 5.75 Å². The summed E-state index contributed by atoms with van der Waals surface area (Å²) in [6.07, 6.45) is 0. The average molecular weight is 359 g/mol. The van der Waals surface area contributed by atoms with Crippen molar-refractivity contribution < 1.29 is 18.7 Å². The summed E-state index contributed by atoms with van der Waals surface area (Å²) in [6.45, 7) is 5.62. The molecule has 2 aromatic rings. The van der Waals surface area contributed by atoms with Crippen LogP contribution < -0.4 is 4.74 Å². The fourth-order valence-electron chi connectivity index (χ4n) is 3.04. The molecule has 1 fully saturated rings. The van der Waals surface area contributed by atoms with Crippen LogP contribution in [0, 0.1) is 19.7 Å². The van der Waals surface area contributed by atoms with Gasteiger partial charge in [-0.2, -0.15) is 0 Å². The average Bonchev–Trinajstić information content (AvgIpc) is 2.98. The molecule has 0 unspecified atom stereocenters. The Labute approximate surface area is 151 Å². The minimum absolute atomic E-state index is 0.0125. The molecule has 1 aliphatic heterocycles. The third kappa shape index (κ3) is 4.04. The highest BCUT2D eigenvalue weighted by Crippen LogP contribution is 2.15. The number of ether oxygens (including phenoxy) is 1. The molecule has 1 aromatic carbocycles. The first-order chi connectivity index (χ1) is 12.4. The van der Waals surface area contributed by atoms with Crippen LogP contribution in [0.1, 0.15) is 21.7 Å². The second-order valence-electron chi connectivity index (χ2n) is 6.41. The zero-order valence-electron chi connectivity index (χ0n) is 14.9. The molecule has 0 spiro atoms. The number of rotatable bonds is 4. The van der Waals surface area contributed by atoms with Gasteiger partial charge in [0, 0.05) is 37.6 Å². The maximum atomic E-state index is 12.9. The minimum Gasteiger partial charge on any atom is -0.484 e. The maximum absolute atomic E-state index is 12.9. The second kappa shape index (κ2) is 7.59. The normalized spacial score (nSPS) is 14.4. The van der Waals surface area contributed by atoms with Gasteiger partial charge in [-0.05, 0) is 44.2 Å². The summed E-state index contributed by atoms with van der Waals surface area (Å²) in [5.74, 6) is -0.0548. The number of hydrogen-bond donors (Lipinski definition) is 1. The molecule has 0 radical (unpaired) electrons. The molecular formula is C19H22FN3O3. The van der Waals surface area contributed by atoms with E-state index in [1.165, 1.54) is 24.3 Å². The zero-order chi connectivity index (χ0) is 18.7. The second-order valence-corrected chi connectivity index (χ2v) is 6.41. The van der Waals surface area contributed by atoms with Crippen LogP contribution in [0.4, 0.5) is 4.39 Å². The summed E-state index contributed by atoms with van der Waals surface area (Å²) in [5.41, 5.74) is 2.50. The number of carbonyl (C=O) groups is 2. The van der Waals surface area contributed by atoms with Crippen molar-refractivity contribution in [1.29, 1.82) is 0 Å². The smallest absolute Gasteiger partial charge is 0.260 e. The van der Waals surface area contributed by atoms with E-state index in [1.807, 2.05) is 19.9 Å². The first-order valence-corrected chi connectivity index (χ1v) is 8.55. The Balaban J connectivity index is 1.49. The third-order valence-electron chi connectivity index (χ3n) is 4.48. The van der Waals surface area contributed by atoms with Gasteiger partial charge in [-0.3, -0.25) is 9.59 Å². The van der Waals surface area contributed by atoms with Crippen molar-refractivity contribution in [3.63, 3.8) is 0 Å². The number of amides is 2. The molecule has 2 amide bonds. The number of aromatic amines is 1. The quantitative estimate of drug-likeness (QED) is 0.910. The minimum atomic E-state index is -0.350. The maximum Gasteiger partial charge on any atom is 0.260 e. The number of halogens is 1. The molecule has 0 atom stereocenters. The van der Waals surface area contributed by atoms with Gasteiger partial charge in [0.2, 0.25) is 0 Å². The van der Waals surface area contributed by atoms with Gasteiger partial charge >= 0.3 is 0 Å². The number of carbonyl (C=O) groups excluding carboxylic acids is 2. The number of hydrogen-bond acceptors (Lipinski definition) is 3. The lowest BCUT2D eigenvalue weighted by molar-refractivity contribution is -0.134. The van der Waals surface area contributed by atoms with Gasteiger partial charge in [0.05, 0.1) is 5.56 Å². The number of H-pyrrole nitrogens is 1. The van der Waals surface area contributed by atoms with Gasteiger partial charge in [-0.25, -0.2) is 4.39 Å². The van der Waals surface area contributed by atoms with Crippen LogP contribution in [-0.4, -0.2) is 59.4 Å². The van der Waals surface area contributed by atoms with E-state index in [2.05, 4.69) is 4.98 Å². The van der Waals surface area contributed by atoms with Gasteiger partial charge in [-0.15, -0.1) is 0 Å². The van der Waals surface area contributed by atoms with Crippen molar-refractivity contribution in [3.8, 4) is 5.75 Å². The lowest BCUT2D eigenvalue weighted by atomic mass is 10.2. The van der Waals surface area contributed by atoms with Crippen molar-refractivity contribution in [1.82, 2.24) is 14.8 Å².